The molecule has 1 aromatic carbocycles. The number of pyridine rings is 1. The molecule has 0 bridgehead atoms. The zero-order valence-electron chi connectivity index (χ0n) is 12.3. The Morgan fingerprint density at radius 3 is 2.48 bits per heavy atom. The molecule has 1 N–H and O–H groups in total. The van der Waals surface area contributed by atoms with Gasteiger partial charge in [-0.15, -0.1) is 0 Å². The second kappa shape index (κ2) is 7.00. The van der Waals surface area contributed by atoms with Gasteiger partial charge in [0.1, 0.15) is 11.8 Å². The van der Waals surface area contributed by atoms with Gasteiger partial charge in [-0.25, -0.2) is 4.98 Å². The fourth-order valence-electron chi connectivity index (χ4n) is 1.61. The van der Waals surface area contributed by atoms with Crippen LogP contribution >= 0.6 is 11.9 Å². The average molecular weight is 299 g/mol. The number of hydrogen-bond acceptors (Lipinski definition) is 5. The first-order valence-electron chi connectivity index (χ1n) is 6.66. The van der Waals surface area contributed by atoms with Crippen molar-refractivity contribution in [1.82, 2.24) is 4.98 Å². The number of rotatable bonds is 5. The van der Waals surface area contributed by atoms with Gasteiger partial charge in [-0.3, -0.25) is 0 Å². The molecule has 0 amide bonds. The van der Waals surface area contributed by atoms with Crippen molar-refractivity contribution in [2.24, 2.45) is 0 Å². The zero-order chi connectivity index (χ0) is 15.2. The van der Waals surface area contributed by atoms with Crippen molar-refractivity contribution in [2.45, 2.75) is 26.0 Å². The third-order valence-electron chi connectivity index (χ3n) is 2.67. The van der Waals surface area contributed by atoms with Gasteiger partial charge in [0.05, 0.1) is 11.3 Å². The van der Waals surface area contributed by atoms with E-state index in [9.17, 15) is 0 Å². The van der Waals surface area contributed by atoms with Crippen molar-refractivity contribution >= 4 is 17.6 Å². The SMILES string of the molecule is Cc1nc(Oc2ccc(NSC(C)C)cc2)ccc1C#N. The lowest BCUT2D eigenvalue weighted by Gasteiger charge is -2.09. The molecule has 2 aromatic rings. The molecule has 0 spiro atoms. The summed E-state index contributed by atoms with van der Waals surface area (Å²) in [6.45, 7) is 6.06. The molecule has 0 saturated heterocycles. The Balaban J connectivity index is 2.03. The first-order valence-corrected chi connectivity index (χ1v) is 7.54. The standard InChI is InChI=1S/C16H17N3OS/c1-11(2)21-19-14-5-7-15(8-6-14)20-16-9-4-13(10-17)12(3)18-16/h4-9,11,19H,1-3H3. The van der Waals surface area contributed by atoms with Crippen LogP contribution in [-0.4, -0.2) is 10.2 Å². The summed E-state index contributed by atoms with van der Waals surface area (Å²) in [4.78, 5) is 4.26. The Morgan fingerprint density at radius 1 is 1.19 bits per heavy atom. The van der Waals surface area contributed by atoms with E-state index in [1.165, 1.54) is 0 Å². The van der Waals surface area contributed by atoms with E-state index in [1.807, 2.05) is 24.3 Å². The van der Waals surface area contributed by atoms with Crippen LogP contribution in [-0.2, 0) is 0 Å². The quantitative estimate of drug-likeness (QED) is 0.822. The molecule has 0 aliphatic heterocycles. The van der Waals surface area contributed by atoms with Crippen LogP contribution in [0.5, 0.6) is 11.6 Å². The molecule has 5 heteroatoms. The van der Waals surface area contributed by atoms with Gasteiger partial charge in [-0.05, 0) is 49.2 Å². The first-order chi connectivity index (χ1) is 10.1. The fraction of sp³-hybridized carbons (Fsp3) is 0.250. The van der Waals surface area contributed by atoms with Gasteiger partial charge in [0.25, 0.3) is 0 Å². The van der Waals surface area contributed by atoms with Crippen LogP contribution < -0.4 is 9.46 Å². The molecule has 2 rings (SSSR count). The van der Waals surface area contributed by atoms with E-state index in [0.29, 0.717) is 28.1 Å². The second-order valence-corrected chi connectivity index (χ2v) is 6.17. The third kappa shape index (κ3) is 4.40. The number of hydrogen-bond donors (Lipinski definition) is 1. The fourth-order valence-corrected chi connectivity index (χ4v) is 2.12. The van der Waals surface area contributed by atoms with Crippen LogP contribution in [0.3, 0.4) is 0 Å². The van der Waals surface area contributed by atoms with Crippen LogP contribution in [0.4, 0.5) is 5.69 Å². The van der Waals surface area contributed by atoms with Gasteiger partial charge >= 0.3 is 0 Å². The third-order valence-corrected chi connectivity index (χ3v) is 3.49. The van der Waals surface area contributed by atoms with Gasteiger partial charge in [-0.1, -0.05) is 13.8 Å². The molecule has 108 valence electrons. The maximum atomic E-state index is 8.88. The summed E-state index contributed by atoms with van der Waals surface area (Å²) in [7, 11) is 0. The van der Waals surface area contributed by atoms with E-state index < -0.39 is 0 Å². The molecule has 1 heterocycles. The minimum atomic E-state index is 0.490. The molecule has 0 saturated carbocycles. The number of anilines is 1. The van der Waals surface area contributed by atoms with E-state index in [4.69, 9.17) is 10.00 Å². The number of nitrogens with zero attached hydrogens (tertiary/aromatic N) is 2. The largest absolute Gasteiger partial charge is 0.439 e. The lowest BCUT2D eigenvalue weighted by atomic mass is 10.2. The highest BCUT2D eigenvalue weighted by Gasteiger charge is 2.03. The summed E-state index contributed by atoms with van der Waals surface area (Å²) in [6.07, 6.45) is 0. The number of benzene rings is 1. The van der Waals surface area contributed by atoms with Crippen molar-refractivity contribution in [3.8, 4) is 17.7 Å². The smallest absolute Gasteiger partial charge is 0.219 e. The molecule has 0 aliphatic rings. The average Bonchev–Trinajstić information content (AvgIpc) is 2.47. The van der Waals surface area contributed by atoms with E-state index in [1.54, 1.807) is 31.0 Å². The lowest BCUT2D eigenvalue weighted by Crippen LogP contribution is -1.95. The highest BCUT2D eigenvalue weighted by Crippen LogP contribution is 2.24. The van der Waals surface area contributed by atoms with E-state index in [2.05, 4.69) is 29.6 Å². The van der Waals surface area contributed by atoms with E-state index in [-0.39, 0.29) is 0 Å². The molecule has 1 aromatic heterocycles. The second-order valence-electron chi connectivity index (χ2n) is 4.79. The Bertz CT molecular complexity index is 648. The molecular weight excluding hydrogens is 282 g/mol. The normalized spacial score (nSPS) is 10.2. The summed E-state index contributed by atoms with van der Waals surface area (Å²) in [6, 6.07) is 13.2. The first kappa shape index (κ1) is 15.2. The van der Waals surface area contributed by atoms with Crippen LogP contribution in [0.25, 0.3) is 0 Å². The summed E-state index contributed by atoms with van der Waals surface area (Å²) >= 11 is 1.67. The number of nitriles is 1. The Hall–Kier alpha value is -2.19. The molecule has 0 atom stereocenters. The number of nitrogens with one attached hydrogen (secondary N) is 1. The predicted octanol–water partition coefficient (Wildman–Crippen LogP) is 4.52. The van der Waals surface area contributed by atoms with Gasteiger partial charge in [0.15, 0.2) is 0 Å². The van der Waals surface area contributed by atoms with Crippen molar-refractivity contribution in [1.29, 1.82) is 5.26 Å². The van der Waals surface area contributed by atoms with Crippen LogP contribution in [0, 0.1) is 18.3 Å². The van der Waals surface area contributed by atoms with Gasteiger partial charge in [0.2, 0.25) is 5.88 Å². The number of aromatic nitrogens is 1. The van der Waals surface area contributed by atoms with E-state index >= 15 is 0 Å². The summed E-state index contributed by atoms with van der Waals surface area (Å²) in [5.41, 5.74) is 2.26. The van der Waals surface area contributed by atoms with Crippen LogP contribution in [0.1, 0.15) is 25.1 Å². The number of aryl methyl sites for hydroxylation is 1. The minimum Gasteiger partial charge on any atom is -0.439 e. The molecule has 0 unspecified atom stereocenters. The van der Waals surface area contributed by atoms with Crippen molar-refractivity contribution in [3.63, 3.8) is 0 Å². The summed E-state index contributed by atoms with van der Waals surface area (Å²) < 4.78 is 8.95. The summed E-state index contributed by atoms with van der Waals surface area (Å²) in [5, 5.41) is 9.40. The van der Waals surface area contributed by atoms with Crippen LogP contribution in [0.15, 0.2) is 36.4 Å². The molecule has 21 heavy (non-hydrogen) atoms. The maximum absolute atomic E-state index is 8.88. The predicted molar refractivity (Wildman–Crippen MR) is 86.6 cm³/mol. The van der Waals surface area contributed by atoms with Crippen molar-refractivity contribution in [2.75, 3.05) is 4.72 Å². The van der Waals surface area contributed by atoms with Crippen molar-refractivity contribution in [3.05, 3.63) is 47.7 Å². The minimum absolute atomic E-state index is 0.490. The maximum Gasteiger partial charge on any atom is 0.219 e. The van der Waals surface area contributed by atoms with E-state index in [0.717, 1.165) is 5.69 Å². The lowest BCUT2D eigenvalue weighted by molar-refractivity contribution is 0.461. The van der Waals surface area contributed by atoms with Crippen molar-refractivity contribution < 1.29 is 4.74 Å². The monoisotopic (exact) mass is 299 g/mol. The Labute approximate surface area is 129 Å². The zero-order valence-corrected chi connectivity index (χ0v) is 13.1. The van der Waals surface area contributed by atoms with Gasteiger partial charge in [0, 0.05) is 17.0 Å². The van der Waals surface area contributed by atoms with Gasteiger partial charge < -0.3 is 9.46 Å². The number of ether oxygens (including phenoxy) is 1. The molecule has 4 nitrogen and oxygen atoms in total. The van der Waals surface area contributed by atoms with Gasteiger partial charge in [-0.2, -0.15) is 5.26 Å². The highest BCUT2D eigenvalue weighted by molar-refractivity contribution is 8.01. The summed E-state index contributed by atoms with van der Waals surface area (Å²) in [5.74, 6) is 1.20. The molecule has 0 radical (unpaired) electrons. The molecule has 0 aliphatic carbocycles. The van der Waals surface area contributed by atoms with Crippen LogP contribution in [0.2, 0.25) is 0 Å². The molecular formula is C16H17N3OS. The molecule has 0 fully saturated rings. The Kier molecular flexibility index (Phi) is 5.07. The Morgan fingerprint density at radius 2 is 1.90 bits per heavy atom. The topological polar surface area (TPSA) is 57.9 Å². The highest BCUT2D eigenvalue weighted by atomic mass is 32.2.